The Morgan fingerprint density at radius 2 is 1.88 bits per heavy atom. The van der Waals surface area contributed by atoms with Crippen molar-refractivity contribution in [3.8, 4) is 5.75 Å². The third-order valence-electron chi connectivity index (χ3n) is 2.24. The first-order valence-corrected chi connectivity index (χ1v) is 5.82. The zero-order chi connectivity index (χ0) is 11.9. The van der Waals surface area contributed by atoms with E-state index in [1.807, 2.05) is 0 Å². The van der Waals surface area contributed by atoms with Gasteiger partial charge in [-0.25, -0.2) is 0 Å². The predicted octanol–water partition coefficient (Wildman–Crippen LogP) is 1.37. The molecular formula is C10H9NO4S. The molecule has 0 aromatic heterocycles. The Labute approximate surface area is 91.9 Å². The lowest BCUT2D eigenvalue weighted by Crippen LogP contribution is -2.01. The molecule has 6 heteroatoms. The van der Waals surface area contributed by atoms with Crippen LogP contribution in [0.15, 0.2) is 35.2 Å². The lowest BCUT2D eigenvalue weighted by atomic mass is 10.1. The lowest BCUT2D eigenvalue weighted by Gasteiger charge is -2.07. The highest BCUT2D eigenvalue weighted by molar-refractivity contribution is 7.86. The van der Waals surface area contributed by atoms with E-state index in [9.17, 15) is 13.5 Å². The molecule has 0 amide bonds. The van der Waals surface area contributed by atoms with Crippen molar-refractivity contribution in [2.24, 2.45) is 0 Å². The quantitative estimate of drug-likeness (QED) is 0.515. The van der Waals surface area contributed by atoms with Crippen LogP contribution in [0, 0.1) is 0 Å². The van der Waals surface area contributed by atoms with E-state index in [-0.39, 0.29) is 21.7 Å². The van der Waals surface area contributed by atoms with Gasteiger partial charge in [0.05, 0.1) is 0 Å². The van der Waals surface area contributed by atoms with Crippen LogP contribution in [0.5, 0.6) is 5.75 Å². The molecule has 0 aliphatic carbocycles. The highest BCUT2D eigenvalue weighted by Crippen LogP contribution is 2.31. The summed E-state index contributed by atoms with van der Waals surface area (Å²) >= 11 is 0. The molecule has 0 unspecified atom stereocenters. The summed E-state index contributed by atoms with van der Waals surface area (Å²) in [4.78, 5) is -0.388. The van der Waals surface area contributed by atoms with E-state index in [0.29, 0.717) is 5.39 Å². The molecule has 0 heterocycles. The molecule has 4 N–H and O–H groups in total. The summed E-state index contributed by atoms with van der Waals surface area (Å²) in [5.41, 5.74) is 5.87. The number of hydrogen-bond donors (Lipinski definition) is 3. The molecule has 5 nitrogen and oxygen atoms in total. The van der Waals surface area contributed by atoms with Crippen molar-refractivity contribution in [2.45, 2.75) is 4.90 Å². The fourth-order valence-electron chi connectivity index (χ4n) is 1.60. The van der Waals surface area contributed by atoms with Crippen molar-refractivity contribution in [1.82, 2.24) is 0 Å². The fraction of sp³-hybridized carbons (Fsp3) is 0. The molecule has 0 fully saturated rings. The smallest absolute Gasteiger partial charge is 0.295 e. The molecule has 2 rings (SSSR count). The van der Waals surface area contributed by atoms with E-state index < -0.39 is 10.1 Å². The van der Waals surface area contributed by atoms with Gasteiger partial charge in [0.15, 0.2) is 0 Å². The maximum Gasteiger partial charge on any atom is 0.295 e. The van der Waals surface area contributed by atoms with Crippen LogP contribution >= 0.6 is 0 Å². The standard InChI is InChI=1S/C10H9NO4S/c11-8-3-1-2-6-4-7(12)5-9(10(6)8)16(13,14)15/h1-5,12H,11H2,(H,13,14,15). The van der Waals surface area contributed by atoms with Crippen LogP contribution in [0.4, 0.5) is 5.69 Å². The van der Waals surface area contributed by atoms with E-state index in [0.717, 1.165) is 6.07 Å². The van der Waals surface area contributed by atoms with E-state index in [4.69, 9.17) is 10.3 Å². The summed E-state index contributed by atoms with van der Waals surface area (Å²) in [7, 11) is -4.41. The first-order chi connectivity index (χ1) is 7.39. The first kappa shape index (κ1) is 10.7. The number of phenolic OH excluding ortho intramolecular Hbond substituents is 1. The summed E-state index contributed by atoms with van der Waals surface area (Å²) in [5, 5.41) is 10.0. The number of nitrogens with two attached hydrogens (primary N) is 1. The highest BCUT2D eigenvalue weighted by atomic mass is 32.2. The second-order valence-electron chi connectivity index (χ2n) is 3.36. The second kappa shape index (κ2) is 3.36. The molecule has 2 aromatic carbocycles. The van der Waals surface area contributed by atoms with Crippen molar-refractivity contribution < 1.29 is 18.1 Å². The second-order valence-corrected chi connectivity index (χ2v) is 4.75. The molecule has 0 saturated heterocycles. The number of aromatic hydroxyl groups is 1. The maximum atomic E-state index is 11.1. The number of rotatable bonds is 1. The number of anilines is 1. The van der Waals surface area contributed by atoms with Gasteiger partial charge in [0, 0.05) is 17.1 Å². The monoisotopic (exact) mass is 239 g/mol. The van der Waals surface area contributed by atoms with Gasteiger partial charge < -0.3 is 10.8 Å². The SMILES string of the molecule is Nc1cccc2cc(O)cc(S(=O)(=O)O)c12. The zero-order valence-corrected chi connectivity index (χ0v) is 8.90. The summed E-state index contributed by atoms with van der Waals surface area (Å²) in [6, 6.07) is 7.09. The van der Waals surface area contributed by atoms with Crippen LogP contribution in [0.3, 0.4) is 0 Å². The van der Waals surface area contributed by atoms with Crippen LogP contribution in [-0.4, -0.2) is 18.1 Å². The van der Waals surface area contributed by atoms with Gasteiger partial charge in [-0.2, -0.15) is 8.42 Å². The molecule has 16 heavy (non-hydrogen) atoms. The minimum atomic E-state index is -4.41. The third kappa shape index (κ3) is 1.68. The molecule has 84 valence electrons. The van der Waals surface area contributed by atoms with Gasteiger partial charge in [-0.3, -0.25) is 4.55 Å². The minimum absolute atomic E-state index is 0.211. The summed E-state index contributed by atoms with van der Waals surface area (Å²) in [5.74, 6) is -0.245. The summed E-state index contributed by atoms with van der Waals surface area (Å²) in [6.07, 6.45) is 0. The topological polar surface area (TPSA) is 101 Å². The predicted molar refractivity (Wildman–Crippen MR) is 59.8 cm³/mol. The Balaban J connectivity index is 3.03. The molecule has 0 atom stereocenters. The Morgan fingerprint density at radius 3 is 2.50 bits per heavy atom. The zero-order valence-electron chi connectivity index (χ0n) is 8.08. The maximum absolute atomic E-state index is 11.1. The molecular weight excluding hydrogens is 230 g/mol. The third-order valence-corrected chi connectivity index (χ3v) is 3.11. The van der Waals surface area contributed by atoms with Crippen molar-refractivity contribution in [1.29, 1.82) is 0 Å². The number of hydrogen-bond acceptors (Lipinski definition) is 4. The van der Waals surface area contributed by atoms with Crippen molar-refractivity contribution >= 4 is 26.6 Å². The van der Waals surface area contributed by atoms with Crippen LogP contribution in [0.1, 0.15) is 0 Å². The average Bonchev–Trinajstić information content (AvgIpc) is 2.15. The van der Waals surface area contributed by atoms with Gasteiger partial charge >= 0.3 is 0 Å². The van der Waals surface area contributed by atoms with Crippen LogP contribution in [0.2, 0.25) is 0 Å². The van der Waals surface area contributed by atoms with Crippen molar-refractivity contribution in [3.05, 3.63) is 30.3 Å². The number of nitrogen functional groups attached to an aromatic ring is 1. The van der Waals surface area contributed by atoms with Gasteiger partial charge in [-0.15, -0.1) is 0 Å². The number of fused-ring (bicyclic) bond motifs is 1. The lowest BCUT2D eigenvalue weighted by molar-refractivity contribution is 0.468. The molecule has 0 saturated carbocycles. The van der Waals surface area contributed by atoms with Crippen molar-refractivity contribution in [3.63, 3.8) is 0 Å². The highest BCUT2D eigenvalue weighted by Gasteiger charge is 2.17. The van der Waals surface area contributed by atoms with Gasteiger partial charge in [0.1, 0.15) is 10.6 Å². The largest absolute Gasteiger partial charge is 0.508 e. The number of phenols is 1. The van der Waals surface area contributed by atoms with Crippen LogP contribution < -0.4 is 5.73 Å². The Morgan fingerprint density at radius 1 is 1.19 bits per heavy atom. The van der Waals surface area contributed by atoms with E-state index >= 15 is 0 Å². The average molecular weight is 239 g/mol. The minimum Gasteiger partial charge on any atom is -0.508 e. The van der Waals surface area contributed by atoms with Crippen LogP contribution in [-0.2, 0) is 10.1 Å². The van der Waals surface area contributed by atoms with Gasteiger partial charge in [-0.05, 0) is 17.5 Å². The Hall–Kier alpha value is -1.79. The fourth-order valence-corrected chi connectivity index (χ4v) is 2.37. The summed E-state index contributed by atoms with van der Waals surface area (Å²) < 4.78 is 31.3. The molecule has 0 aliphatic rings. The Kier molecular flexibility index (Phi) is 2.25. The Bertz CT molecular complexity index is 664. The molecule has 0 radical (unpaired) electrons. The number of benzene rings is 2. The van der Waals surface area contributed by atoms with Crippen LogP contribution in [0.25, 0.3) is 10.8 Å². The van der Waals surface area contributed by atoms with Gasteiger partial charge in [-0.1, -0.05) is 12.1 Å². The van der Waals surface area contributed by atoms with Gasteiger partial charge in [0.2, 0.25) is 0 Å². The van der Waals surface area contributed by atoms with E-state index in [2.05, 4.69) is 0 Å². The van der Waals surface area contributed by atoms with E-state index in [1.165, 1.54) is 12.1 Å². The summed E-state index contributed by atoms with van der Waals surface area (Å²) in [6.45, 7) is 0. The first-order valence-electron chi connectivity index (χ1n) is 4.38. The normalized spacial score (nSPS) is 11.8. The molecule has 2 aromatic rings. The molecule has 0 spiro atoms. The van der Waals surface area contributed by atoms with Gasteiger partial charge in [0.25, 0.3) is 10.1 Å². The molecule has 0 aliphatic heterocycles. The van der Waals surface area contributed by atoms with E-state index in [1.54, 1.807) is 12.1 Å². The molecule has 0 bridgehead atoms. The van der Waals surface area contributed by atoms with Crippen molar-refractivity contribution in [2.75, 3.05) is 5.73 Å².